The van der Waals surface area contributed by atoms with Gasteiger partial charge in [-0.2, -0.15) is 44.6 Å². The van der Waals surface area contributed by atoms with E-state index in [-0.39, 0.29) is 15.3 Å². The lowest BCUT2D eigenvalue weighted by Crippen LogP contribution is -2.40. The van der Waals surface area contributed by atoms with Crippen LogP contribution in [0, 0.1) is 5.82 Å². The number of aromatic nitrogens is 5. The molecule has 0 aliphatic carbocycles. The Morgan fingerprint density at radius 3 is 2.20 bits per heavy atom. The van der Waals surface area contributed by atoms with E-state index in [9.17, 15) is 49.1 Å². The zero-order valence-electron chi connectivity index (χ0n) is 13.9. The van der Waals surface area contributed by atoms with Crippen LogP contribution in [-0.4, -0.2) is 36.2 Å². The number of hydrogen-bond donors (Lipinski definition) is 1. The molecule has 0 aliphatic heterocycles. The van der Waals surface area contributed by atoms with E-state index in [4.69, 9.17) is 0 Å². The lowest BCUT2D eigenvalue weighted by atomic mass is 10.1. The third-order valence-corrected chi connectivity index (χ3v) is 3.77. The van der Waals surface area contributed by atoms with E-state index in [1.165, 1.54) is 0 Å². The van der Waals surface area contributed by atoms with Gasteiger partial charge >= 0.3 is 18.3 Å². The average molecular weight is 447 g/mol. The number of H-pyrrole nitrogens is 1. The molecule has 0 aromatic carbocycles. The average Bonchev–Trinajstić information content (AvgIpc) is 3.02. The van der Waals surface area contributed by atoms with E-state index in [1.807, 2.05) is 0 Å². The summed E-state index contributed by atoms with van der Waals surface area (Å²) in [6, 6.07) is 0. The molecule has 0 atom stereocenters. The van der Waals surface area contributed by atoms with Crippen molar-refractivity contribution in [2.45, 2.75) is 24.8 Å². The van der Waals surface area contributed by atoms with Crippen molar-refractivity contribution in [3.05, 3.63) is 50.8 Å². The number of aromatic amines is 1. The second-order valence-electron chi connectivity index (χ2n) is 5.89. The van der Waals surface area contributed by atoms with Gasteiger partial charge < -0.3 is 0 Å². The molecule has 0 fully saturated rings. The molecule has 3 rings (SSSR count). The maximum atomic E-state index is 13.4. The third-order valence-electron chi connectivity index (χ3n) is 3.77. The fourth-order valence-corrected chi connectivity index (χ4v) is 2.41. The van der Waals surface area contributed by atoms with Crippen molar-refractivity contribution in [2.75, 3.05) is 0 Å². The Bertz CT molecular complexity index is 1240. The van der Waals surface area contributed by atoms with Gasteiger partial charge in [0.25, 0.3) is 11.1 Å². The summed E-state index contributed by atoms with van der Waals surface area (Å²) < 4.78 is 117. The van der Waals surface area contributed by atoms with Gasteiger partial charge in [-0.05, 0) is 0 Å². The Morgan fingerprint density at radius 2 is 1.63 bits per heavy atom. The number of nitrogens with one attached hydrogen (secondary N) is 1. The molecule has 1 N–H and O–H groups in total. The van der Waals surface area contributed by atoms with Gasteiger partial charge in [0.2, 0.25) is 11.6 Å². The molecule has 7 nitrogen and oxygen atoms in total. The zero-order chi connectivity index (χ0) is 22.6. The summed E-state index contributed by atoms with van der Waals surface area (Å²) in [5.74, 6) is -7.78. The van der Waals surface area contributed by atoms with Gasteiger partial charge in [0.15, 0.2) is 5.69 Å². The minimum Gasteiger partial charge on any atom is -0.289 e. The summed E-state index contributed by atoms with van der Waals surface area (Å²) in [5, 5.41) is 3.13. The summed E-state index contributed by atoms with van der Waals surface area (Å²) in [5.41, 5.74) is -7.04. The molecule has 0 unspecified atom stereocenters. The van der Waals surface area contributed by atoms with Crippen LogP contribution in [0.3, 0.4) is 0 Å². The molecule has 0 radical (unpaired) electrons. The molecule has 162 valence electrons. The molecule has 0 spiro atoms. The van der Waals surface area contributed by atoms with Crippen LogP contribution in [0.1, 0.15) is 5.69 Å². The largest absolute Gasteiger partial charge is 0.455 e. The summed E-state index contributed by atoms with van der Waals surface area (Å²) >= 11 is 0. The van der Waals surface area contributed by atoms with Crippen molar-refractivity contribution in [1.82, 2.24) is 24.1 Å². The highest BCUT2D eigenvalue weighted by Gasteiger charge is 2.57. The monoisotopic (exact) mass is 447 g/mol. The summed E-state index contributed by atoms with van der Waals surface area (Å²) in [4.78, 5) is 28.4. The van der Waals surface area contributed by atoms with Crippen molar-refractivity contribution < 1.29 is 39.5 Å². The smallest absolute Gasteiger partial charge is 0.289 e. The predicted octanol–water partition coefficient (Wildman–Crippen LogP) is 2.60. The van der Waals surface area contributed by atoms with E-state index >= 15 is 0 Å². The Balaban J connectivity index is 2.22. The Hall–Kier alpha value is -3.33. The zero-order valence-corrected chi connectivity index (χ0v) is 13.9. The lowest BCUT2D eigenvalue weighted by Gasteiger charge is -2.19. The van der Waals surface area contributed by atoms with Crippen LogP contribution in [-0.2, 0) is 12.7 Å². The first-order valence-corrected chi connectivity index (χ1v) is 7.51. The minimum atomic E-state index is -5.95. The van der Waals surface area contributed by atoms with Crippen molar-refractivity contribution in [3.63, 3.8) is 0 Å². The van der Waals surface area contributed by atoms with Gasteiger partial charge in [0.1, 0.15) is 6.54 Å². The Morgan fingerprint density at radius 1 is 1.00 bits per heavy atom. The molecule has 3 aromatic heterocycles. The Labute approximate surface area is 157 Å². The van der Waals surface area contributed by atoms with Crippen LogP contribution in [0.5, 0.6) is 0 Å². The number of halogens is 9. The second kappa shape index (κ2) is 6.60. The fraction of sp³-hybridized carbons (Fsp3) is 0.286. The highest BCUT2D eigenvalue weighted by atomic mass is 19.4. The molecule has 3 heterocycles. The third kappa shape index (κ3) is 3.63. The maximum absolute atomic E-state index is 13.4. The number of hydrogen-bond acceptors (Lipinski definition) is 4. The predicted molar refractivity (Wildman–Crippen MR) is 79.3 cm³/mol. The highest BCUT2D eigenvalue weighted by molar-refractivity contribution is 5.65. The molecule has 0 bridgehead atoms. The SMILES string of the molecule is O=c1[nH]c2nc(C(F)(F)F)c(-c3cnn(CC(F)(F)C(F)(F)F)c3)c(=O)n2cc1F. The summed E-state index contributed by atoms with van der Waals surface area (Å²) in [7, 11) is 0. The van der Waals surface area contributed by atoms with Crippen molar-refractivity contribution in [3.8, 4) is 11.1 Å². The van der Waals surface area contributed by atoms with E-state index in [0.717, 1.165) is 0 Å². The van der Waals surface area contributed by atoms with Crippen LogP contribution in [0.4, 0.5) is 39.5 Å². The molecular weight excluding hydrogens is 441 g/mol. The molecule has 0 aliphatic rings. The van der Waals surface area contributed by atoms with Crippen LogP contribution in [0.15, 0.2) is 28.2 Å². The normalized spacial score (nSPS) is 13.2. The van der Waals surface area contributed by atoms with E-state index in [0.29, 0.717) is 12.4 Å². The topological polar surface area (TPSA) is 85.0 Å². The van der Waals surface area contributed by atoms with E-state index in [2.05, 4.69) is 10.1 Å². The number of alkyl halides is 8. The molecule has 16 heteroatoms. The van der Waals surface area contributed by atoms with Crippen LogP contribution < -0.4 is 11.1 Å². The van der Waals surface area contributed by atoms with Gasteiger partial charge in [0, 0.05) is 11.8 Å². The van der Waals surface area contributed by atoms with Gasteiger partial charge in [0.05, 0.1) is 18.0 Å². The minimum absolute atomic E-state index is 0.00920. The van der Waals surface area contributed by atoms with Crippen molar-refractivity contribution >= 4 is 5.78 Å². The molecule has 0 saturated carbocycles. The van der Waals surface area contributed by atoms with Gasteiger partial charge in [-0.3, -0.25) is 19.3 Å². The van der Waals surface area contributed by atoms with Crippen molar-refractivity contribution in [2.24, 2.45) is 0 Å². The van der Waals surface area contributed by atoms with E-state index < -0.39 is 64.4 Å². The second-order valence-corrected chi connectivity index (χ2v) is 5.89. The summed E-state index contributed by atoms with van der Waals surface area (Å²) in [6.45, 7) is -2.07. The Kier molecular flexibility index (Phi) is 4.70. The van der Waals surface area contributed by atoms with Crippen molar-refractivity contribution in [1.29, 1.82) is 0 Å². The molecule has 30 heavy (non-hydrogen) atoms. The van der Waals surface area contributed by atoms with Crippen LogP contribution in [0.2, 0.25) is 0 Å². The van der Waals surface area contributed by atoms with Crippen LogP contribution >= 0.6 is 0 Å². The first-order chi connectivity index (χ1) is 13.6. The first-order valence-electron chi connectivity index (χ1n) is 7.51. The van der Waals surface area contributed by atoms with Gasteiger partial charge in [-0.15, -0.1) is 0 Å². The van der Waals surface area contributed by atoms with E-state index in [1.54, 1.807) is 4.98 Å². The molecular formula is C14H6F9N5O2. The van der Waals surface area contributed by atoms with Gasteiger partial charge in [-0.25, -0.2) is 9.38 Å². The quantitative estimate of drug-likeness (QED) is 0.626. The lowest BCUT2D eigenvalue weighted by molar-refractivity contribution is -0.287. The number of rotatable bonds is 3. The number of fused-ring (bicyclic) bond motifs is 1. The van der Waals surface area contributed by atoms with Crippen LogP contribution in [0.25, 0.3) is 16.9 Å². The molecule has 3 aromatic rings. The highest BCUT2D eigenvalue weighted by Crippen LogP contribution is 2.37. The summed E-state index contributed by atoms with van der Waals surface area (Å²) in [6.07, 6.45) is -10.2. The fourth-order valence-electron chi connectivity index (χ4n) is 2.41. The standard InChI is InChI=1S/C14H6F9N5O2/c15-6-3-28-10(30)7(8(13(18,19)20)25-11(28)26-9(6)29)5-1-24-27(2-5)4-12(16,17)14(21,22)23/h1-3H,4H2,(H,25,26,29). The molecule has 0 saturated heterocycles. The maximum Gasteiger partial charge on any atom is 0.455 e. The first kappa shape index (κ1) is 21.4. The number of nitrogens with zero attached hydrogens (tertiary/aromatic N) is 4. The molecule has 0 amide bonds. The van der Waals surface area contributed by atoms with Gasteiger partial charge in [-0.1, -0.05) is 0 Å².